The highest BCUT2D eigenvalue weighted by Crippen LogP contribution is 2.28. The van der Waals surface area contributed by atoms with Crippen molar-refractivity contribution in [1.82, 2.24) is 15.4 Å². The van der Waals surface area contributed by atoms with Crippen LogP contribution in [0.15, 0.2) is 23.1 Å². The first-order valence-corrected chi connectivity index (χ1v) is 9.01. The van der Waals surface area contributed by atoms with Crippen molar-refractivity contribution in [1.29, 1.82) is 0 Å². The topological polar surface area (TPSA) is 96.5 Å². The molecule has 1 saturated carbocycles. The zero-order valence-corrected chi connectivity index (χ0v) is 15.6. The monoisotopic (exact) mass is 377 g/mol. The van der Waals surface area contributed by atoms with Crippen LogP contribution in [-0.4, -0.2) is 47.1 Å². The van der Waals surface area contributed by atoms with Crippen LogP contribution in [0.25, 0.3) is 0 Å². The van der Waals surface area contributed by atoms with Gasteiger partial charge >= 0.3 is 0 Å². The number of benzene rings is 1. The molecule has 1 aromatic rings. The molecule has 7 nitrogen and oxygen atoms in total. The molecule has 0 aromatic heterocycles. The maximum absolute atomic E-state index is 12.4. The molecule has 0 spiro atoms. The van der Waals surface area contributed by atoms with Gasteiger partial charge in [0.05, 0.1) is 7.11 Å². The van der Waals surface area contributed by atoms with Gasteiger partial charge in [0, 0.05) is 24.2 Å². The molecule has 1 aliphatic rings. The fourth-order valence-corrected chi connectivity index (χ4v) is 3.46. The van der Waals surface area contributed by atoms with E-state index in [4.69, 9.17) is 4.74 Å². The second kappa shape index (κ2) is 8.66. The minimum Gasteiger partial charge on any atom is -0.495 e. The molecule has 0 heterocycles. The van der Waals surface area contributed by atoms with Crippen LogP contribution < -0.4 is 20.1 Å². The highest BCUT2D eigenvalue weighted by atomic mass is 35.5. The Morgan fingerprint density at radius 1 is 1.38 bits per heavy atom. The van der Waals surface area contributed by atoms with Crippen molar-refractivity contribution >= 4 is 28.3 Å². The highest BCUT2D eigenvalue weighted by molar-refractivity contribution is 7.89. The molecule has 24 heavy (non-hydrogen) atoms. The Bertz CT molecular complexity index is 677. The Balaban J connectivity index is 0.00000288. The SMILES string of the molecule is CNC(C)CNC(=O)c1ccc(OC)c(S(=O)(=O)NC2CC2)c1.Cl. The molecular formula is C15H24ClN3O4S. The van der Waals surface area contributed by atoms with Gasteiger partial charge in [0.15, 0.2) is 0 Å². The molecule has 136 valence electrons. The fourth-order valence-electron chi connectivity index (χ4n) is 1.96. The van der Waals surface area contributed by atoms with Crippen molar-refractivity contribution < 1.29 is 17.9 Å². The summed E-state index contributed by atoms with van der Waals surface area (Å²) in [6, 6.07) is 4.51. The van der Waals surface area contributed by atoms with E-state index >= 15 is 0 Å². The van der Waals surface area contributed by atoms with Gasteiger partial charge in [-0.25, -0.2) is 13.1 Å². The number of halogens is 1. The molecule has 1 amide bonds. The maximum atomic E-state index is 12.4. The third-order valence-corrected chi connectivity index (χ3v) is 5.22. The van der Waals surface area contributed by atoms with Crippen LogP contribution in [-0.2, 0) is 10.0 Å². The molecule has 1 fully saturated rings. The van der Waals surface area contributed by atoms with Gasteiger partial charge in [-0.15, -0.1) is 12.4 Å². The number of likely N-dealkylation sites (N-methyl/N-ethyl adjacent to an activating group) is 1. The van der Waals surface area contributed by atoms with E-state index < -0.39 is 10.0 Å². The second-order valence-corrected chi connectivity index (χ2v) is 7.34. The van der Waals surface area contributed by atoms with E-state index in [2.05, 4.69) is 15.4 Å². The summed E-state index contributed by atoms with van der Waals surface area (Å²) in [6.07, 6.45) is 1.67. The normalized spacial score (nSPS) is 15.3. The maximum Gasteiger partial charge on any atom is 0.251 e. The van der Waals surface area contributed by atoms with Crippen LogP contribution in [0.1, 0.15) is 30.1 Å². The summed E-state index contributed by atoms with van der Waals surface area (Å²) in [5, 5.41) is 5.77. The minimum atomic E-state index is -3.70. The molecule has 0 saturated heterocycles. The van der Waals surface area contributed by atoms with Crippen LogP contribution in [0.3, 0.4) is 0 Å². The lowest BCUT2D eigenvalue weighted by molar-refractivity contribution is 0.0950. The number of carbonyl (C=O) groups is 1. The number of rotatable bonds is 8. The van der Waals surface area contributed by atoms with Gasteiger partial charge in [0.2, 0.25) is 10.0 Å². The molecule has 0 bridgehead atoms. The summed E-state index contributed by atoms with van der Waals surface area (Å²) >= 11 is 0. The lowest BCUT2D eigenvalue weighted by Crippen LogP contribution is -2.37. The number of carbonyl (C=O) groups excluding carboxylic acids is 1. The molecule has 0 radical (unpaired) electrons. The number of methoxy groups -OCH3 is 1. The van der Waals surface area contributed by atoms with E-state index in [0.29, 0.717) is 6.54 Å². The molecule has 0 aliphatic heterocycles. The first kappa shape index (κ1) is 20.7. The van der Waals surface area contributed by atoms with Gasteiger partial charge < -0.3 is 15.4 Å². The summed E-state index contributed by atoms with van der Waals surface area (Å²) in [5.74, 6) is -0.101. The van der Waals surface area contributed by atoms with E-state index in [1.807, 2.05) is 6.92 Å². The predicted octanol–water partition coefficient (Wildman–Crippen LogP) is 0.895. The van der Waals surface area contributed by atoms with Crippen LogP contribution in [0.4, 0.5) is 0 Å². The molecule has 9 heteroatoms. The van der Waals surface area contributed by atoms with Gasteiger partial charge in [-0.05, 0) is 45.0 Å². The first-order chi connectivity index (χ1) is 10.9. The minimum absolute atomic E-state index is 0. The number of sulfonamides is 1. The van der Waals surface area contributed by atoms with E-state index in [0.717, 1.165) is 12.8 Å². The van der Waals surface area contributed by atoms with Gasteiger partial charge in [-0.2, -0.15) is 0 Å². The lowest BCUT2D eigenvalue weighted by Gasteiger charge is -2.14. The van der Waals surface area contributed by atoms with Gasteiger partial charge in [-0.3, -0.25) is 4.79 Å². The standard InChI is InChI=1S/C15H23N3O4S.ClH/c1-10(16-2)9-17-15(19)11-4-7-13(22-3)14(8-11)23(20,21)18-12-5-6-12;/h4,7-8,10,12,16,18H,5-6,9H2,1-3H3,(H,17,19);1H. The fraction of sp³-hybridized carbons (Fsp3) is 0.533. The summed E-state index contributed by atoms with van der Waals surface area (Å²) < 4.78 is 32.6. The third-order valence-electron chi connectivity index (χ3n) is 3.68. The third kappa shape index (κ3) is 5.34. The number of ether oxygens (including phenoxy) is 1. The van der Waals surface area contributed by atoms with Crippen molar-refractivity contribution in [3.8, 4) is 5.75 Å². The van der Waals surface area contributed by atoms with Crippen LogP contribution >= 0.6 is 12.4 Å². The van der Waals surface area contributed by atoms with Crippen molar-refractivity contribution in [2.24, 2.45) is 0 Å². The number of hydrogen-bond donors (Lipinski definition) is 3. The zero-order valence-electron chi connectivity index (χ0n) is 14.0. The second-order valence-electron chi connectivity index (χ2n) is 5.66. The van der Waals surface area contributed by atoms with Gasteiger partial charge in [0.25, 0.3) is 5.91 Å². The average Bonchev–Trinajstić information content (AvgIpc) is 3.34. The Kier molecular flexibility index (Phi) is 7.47. The zero-order chi connectivity index (χ0) is 17.0. The van der Waals surface area contributed by atoms with Crippen LogP contribution in [0.2, 0.25) is 0 Å². The number of amides is 1. The molecule has 3 N–H and O–H groups in total. The molecule has 1 aliphatic carbocycles. The largest absolute Gasteiger partial charge is 0.495 e. The number of nitrogens with one attached hydrogen (secondary N) is 3. The van der Waals surface area contributed by atoms with Gasteiger partial charge in [0.1, 0.15) is 10.6 Å². The lowest BCUT2D eigenvalue weighted by atomic mass is 10.2. The average molecular weight is 378 g/mol. The van der Waals surface area contributed by atoms with E-state index in [1.54, 1.807) is 13.1 Å². The number of hydrogen-bond acceptors (Lipinski definition) is 5. The Labute approximate surface area is 149 Å². The van der Waals surface area contributed by atoms with Crippen molar-refractivity contribution in [3.63, 3.8) is 0 Å². The van der Waals surface area contributed by atoms with Gasteiger partial charge in [-0.1, -0.05) is 0 Å². The van der Waals surface area contributed by atoms with Crippen molar-refractivity contribution in [2.75, 3.05) is 20.7 Å². The predicted molar refractivity (Wildman–Crippen MR) is 94.4 cm³/mol. The molecule has 1 atom stereocenters. The summed E-state index contributed by atoms with van der Waals surface area (Å²) in [7, 11) is -0.492. The van der Waals surface area contributed by atoms with E-state index in [9.17, 15) is 13.2 Å². The Hall–Kier alpha value is -1.35. The molecule has 1 aromatic carbocycles. The molecule has 2 rings (SSSR count). The van der Waals surface area contributed by atoms with Crippen LogP contribution in [0, 0.1) is 0 Å². The summed E-state index contributed by atoms with van der Waals surface area (Å²) in [4.78, 5) is 12.2. The van der Waals surface area contributed by atoms with E-state index in [1.165, 1.54) is 19.2 Å². The van der Waals surface area contributed by atoms with Crippen LogP contribution in [0.5, 0.6) is 5.75 Å². The smallest absolute Gasteiger partial charge is 0.251 e. The summed E-state index contributed by atoms with van der Waals surface area (Å²) in [5.41, 5.74) is 0.283. The van der Waals surface area contributed by atoms with Crippen molar-refractivity contribution in [2.45, 2.75) is 36.7 Å². The first-order valence-electron chi connectivity index (χ1n) is 7.53. The Morgan fingerprint density at radius 2 is 2.04 bits per heavy atom. The van der Waals surface area contributed by atoms with Crippen molar-refractivity contribution in [3.05, 3.63) is 23.8 Å². The molecular weight excluding hydrogens is 354 g/mol. The Morgan fingerprint density at radius 3 is 2.58 bits per heavy atom. The molecule has 1 unspecified atom stereocenters. The highest BCUT2D eigenvalue weighted by Gasteiger charge is 2.30. The summed E-state index contributed by atoms with van der Waals surface area (Å²) in [6.45, 7) is 2.38. The van der Waals surface area contributed by atoms with E-state index in [-0.39, 0.29) is 46.6 Å². The quantitative estimate of drug-likeness (QED) is 0.625.